The largest absolute Gasteiger partial charge is 0.490 e. The number of H-pyrrole nitrogens is 1. The summed E-state index contributed by atoms with van der Waals surface area (Å²) in [6, 6.07) is 10.9. The fraction of sp³-hybridized carbons (Fsp3) is 0.130. The first kappa shape index (κ1) is 23.3. The molecule has 1 N–H and O–H groups in total. The van der Waals surface area contributed by atoms with Crippen molar-refractivity contribution in [3.8, 4) is 28.1 Å². The van der Waals surface area contributed by atoms with Crippen LogP contribution in [0.25, 0.3) is 33.4 Å². The SMILES string of the molecule is C=CS(=O)(=O)N(C)CCOc1cnccc1-c1[nH]c2cccnc2c1-c1cc(Cl)cc(Cl)c1. The Morgan fingerprint density at radius 1 is 1.18 bits per heavy atom. The van der Waals surface area contributed by atoms with Crippen LogP contribution in [0, 0.1) is 0 Å². The zero-order chi connectivity index (χ0) is 23.6. The molecule has 7 nitrogen and oxygen atoms in total. The molecule has 0 fully saturated rings. The predicted molar refractivity (Wildman–Crippen MR) is 132 cm³/mol. The van der Waals surface area contributed by atoms with Crippen LogP contribution in [0.15, 0.2) is 67.0 Å². The lowest BCUT2D eigenvalue weighted by Crippen LogP contribution is -2.29. The third kappa shape index (κ3) is 4.89. The molecule has 3 aromatic heterocycles. The van der Waals surface area contributed by atoms with E-state index in [1.165, 1.54) is 11.4 Å². The summed E-state index contributed by atoms with van der Waals surface area (Å²) in [5.41, 5.74) is 4.70. The van der Waals surface area contributed by atoms with Crippen molar-refractivity contribution < 1.29 is 13.2 Å². The molecule has 0 aliphatic carbocycles. The van der Waals surface area contributed by atoms with Crippen LogP contribution in [-0.2, 0) is 10.0 Å². The number of hydrogen-bond acceptors (Lipinski definition) is 5. The number of ether oxygens (including phenoxy) is 1. The van der Waals surface area contributed by atoms with Crippen molar-refractivity contribution in [1.82, 2.24) is 19.3 Å². The molecule has 0 aliphatic rings. The summed E-state index contributed by atoms with van der Waals surface area (Å²) in [4.78, 5) is 12.1. The van der Waals surface area contributed by atoms with Crippen molar-refractivity contribution in [1.29, 1.82) is 0 Å². The second-order valence-corrected chi connectivity index (χ2v) is 10.0. The lowest BCUT2D eigenvalue weighted by molar-refractivity contribution is 0.288. The third-order valence-corrected chi connectivity index (χ3v) is 6.98. The van der Waals surface area contributed by atoms with Crippen LogP contribution in [0.4, 0.5) is 0 Å². The molecule has 4 aromatic rings. The minimum Gasteiger partial charge on any atom is -0.490 e. The normalized spacial score (nSPS) is 11.8. The Labute approximate surface area is 201 Å². The van der Waals surface area contributed by atoms with Crippen LogP contribution < -0.4 is 4.74 Å². The van der Waals surface area contributed by atoms with Gasteiger partial charge in [-0.2, -0.15) is 4.31 Å². The quantitative estimate of drug-likeness (QED) is 0.349. The number of nitrogens with zero attached hydrogens (tertiary/aromatic N) is 3. The number of fused-ring (bicyclic) bond motifs is 1. The van der Waals surface area contributed by atoms with Gasteiger partial charge in [0.15, 0.2) is 0 Å². The van der Waals surface area contributed by atoms with Crippen LogP contribution >= 0.6 is 23.2 Å². The molecule has 0 saturated heterocycles. The Balaban J connectivity index is 1.77. The summed E-state index contributed by atoms with van der Waals surface area (Å²) in [6.45, 7) is 3.61. The fourth-order valence-electron chi connectivity index (χ4n) is 3.44. The van der Waals surface area contributed by atoms with Crippen LogP contribution in [0.2, 0.25) is 10.0 Å². The molecular formula is C23H20Cl2N4O3S. The van der Waals surface area contributed by atoms with Crippen molar-refractivity contribution in [3.05, 3.63) is 77.0 Å². The Morgan fingerprint density at radius 3 is 2.67 bits per heavy atom. The lowest BCUT2D eigenvalue weighted by Gasteiger charge is -2.16. The molecule has 0 unspecified atom stereocenters. The number of sulfonamides is 1. The monoisotopic (exact) mass is 502 g/mol. The summed E-state index contributed by atoms with van der Waals surface area (Å²) in [7, 11) is -2.05. The molecular weight excluding hydrogens is 483 g/mol. The number of aromatic nitrogens is 3. The van der Waals surface area contributed by atoms with Gasteiger partial charge in [-0.05, 0) is 42.0 Å². The standard InChI is InChI=1S/C23H20Cl2N4O3S/c1-3-33(30,31)29(2)9-10-32-20-14-26-8-6-18(20)22-21(15-11-16(24)13-17(25)12-15)23-19(28-22)5-4-7-27-23/h3-8,11-14,28H,1,9-10H2,2H3. The second kappa shape index (κ2) is 9.52. The van der Waals surface area contributed by atoms with Crippen molar-refractivity contribution in [2.24, 2.45) is 0 Å². The number of halogens is 2. The van der Waals surface area contributed by atoms with Gasteiger partial charge in [0.05, 0.1) is 22.9 Å². The first-order valence-corrected chi connectivity index (χ1v) is 12.1. The Bertz CT molecular complexity index is 1420. The van der Waals surface area contributed by atoms with Crippen molar-refractivity contribution >= 4 is 44.3 Å². The van der Waals surface area contributed by atoms with Gasteiger partial charge < -0.3 is 9.72 Å². The number of likely N-dealkylation sites (N-methyl/N-ethyl adjacent to an activating group) is 1. The second-order valence-electron chi connectivity index (χ2n) is 7.19. The van der Waals surface area contributed by atoms with E-state index in [0.29, 0.717) is 15.8 Å². The zero-order valence-corrected chi connectivity index (χ0v) is 20.0. The summed E-state index contributed by atoms with van der Waals surface area (Å²) in [5.74, 6) is 0.489. The molecule has 0 bridgehead atoms. The van der Waals surface area contributed by atoms with Crippen molar-refractivity contribution in [2.75, 3.05) is 20.2 Å². The molecule has 3 heterocycles. The average molecular weight is 503 g/mol. The molecule has 0 radical (unpaired) electrons. The minimum atomic E-state index is -3.52. The van der Waals surface area contributed by atoms with E-state index in [0.717, 1.165) is 38.8 Å². The first-order valence-electron chi connectivity index (χ1n) is 9.89. The Hall–Kier alpha value is -2.91. The average Bonchev–Trinajstić information content (AvgIpc) is 3.18. The van der Waals surface area contributed by atoms with Gasteiger partial charge in [-0.3, -0.25) is 9.97 Å². The maximum atomic E-state index is 11.9. The summed E-state index contributed by atoms with van der Waals surface area (Å²) >= 11 is 12.6. The number of rotatable bonds is 8. The molecule has 0 amide bonds. The molecule has 0 spiro atoms. The van der Waals surface area contributed by atoms with Crippen molar-refractivity contribution in [2.45, 2.75) is 0 Å². The van der Waals surface area contributed by atoms with Crippen molar-refractivity contribution in [3.63, 3.8) is 0 Å². The number of pyridine rings is 2. The molecule has 1 aromatic carbocycles. The highest BCUT2D eigenvalue weighted by Crippen LogP contribution is 2.41. The van der Waals surface area contributed by atoms with E-state index in [2.05, 4.69) is 21.5 Å². The summed E-state index contributed by atoms with van der Waals surface area (Å²) in [5, 5.41) is 1.92. The van der Waals surface area contributed by atoms with Gasteiger partial charge >= 0.3 is 0 Å². The van der Waals surface area contributed by atoms with Gasteiger partial charge in [-0.15, -0.1) is 0 Å². The number of aromatic amines is 1. The van der Waals surface area contributed by atoms with Crippen LogP contribution in [0.1, 0.15) is 0 Å². The third-order valence-electron chi connectivity index (χ3n) is 5.07. The smallest absolute Gasteiger partial charge is 0.235 e. The van der Waals surface area contributed by atoms with E-state index in [9.17, 15) is 8.42 Å². The maximum absolute atomic E-state index is 11.9. The van der Waals surface area contributed by atoms with Gasteiger partial charge in [0.2, 0.25) is 10.0 Å². The summed E-state index contributed by atoms with van der Waals surface area (Å²) in [6.07, 6.45) is 4.96. The molecule has 170 valence electrons. The first-order chi connectivity index (χ1) is 15.8. The van der Waals surface area contributed by atoms with E-state index in [1.807, 2.05) is 30.3 Å². The van der Waals surface area contributed by atoms with Gasteiger partial charge in [-0.1, -0.05) is 29.8 Å². The highest BCUT2D eigenvalue weighted by Gasteiger charge is 2.20. The van der Waals surface area contributed by atoms with E-state index in [4.69, 9.17) is 27.9 Å². The molecule has 4 rings (SSSR count). The van der Waals surface area contributed by atoms with E-state index in [-0.39, 0.29) is 13.2 Å². The van der Waals surface area contributed by atoms with Gasteiger partial charge in [0.1, 0.15) is 12.4 Å². The molecule has 33 heavy (non-hydrogen) atoms. The number of benzene rings is 1. The highest BCUT2D eigenvalue weighted by molar-refractivity contribution is 7.91. The van der Waals surface area contributed by atoms with Gasteiger partial charge in [-0.25, -0.2) is 8.42 Å². The molecule has 0 aliphatic heterocycles. The topological polar surface area (TPSA) is 88.2 Å². The molecule has 0 saturated carbocycles. The molecule has 10 heteroatoms. The Kier molecular flexibility index (Phi) is 6.71. The van der Waals surface area contributed by atoms with E-state index in [1.54, 1.807) is 24.7 Å². The number of nitrogens with one attached hydrogen (secondary N) is 1. The summed E-state index contributed by atoms with van der Waals surface area (Å²) < 4.78 is 30.9. The Morgan fingerprint density at radius 2 is 1.94 bits per heavy atom. The lowest BCUT2D eigenvalue weighted by atomic mass is 10.0. The maximum Gasteiger partial charge on any atom is 0.235 e. The van der Waals surface area contributed by atoms with Crippen LogP contribution in [0.3, 0.4) is 0 Å². The van der Waals surface area contributed by atoms with E-state index < -0.39 is 10.0 Å². The minimum absolute atomic E-state index is 0.124. The van der Waals surface area contributed by atoms with Gasteiger partial charge in [0.25, 0.3) is 0 Å². The fourth-order valence-corrected chi connectivity index (χ4v) is 4.55. The van der Waals surface area contributed by atoms with Crippen LogP contribution in [-0.4, -0.2) is 47.9 Å². The van der Waals surface area contributed by atoms with Gasteiger partial charge in [0, 0.05) is 52.6 Å². The zero-order valence-electron chi connectivity index (χ0n) is 17.6. The number of hydrogen-bond donors (Lipinski definition) is 1. The highest BCUT2D eigenvalue weighted by atomic mass is 35.5. The van der Waals surface area contributed by atoms with Crippen LogP contribution in [0.5, 0.6) is 5.75 Å². The molecule has 0 atom stereocenters. The van der Waals surface area contributed by atoms with E-state index >= 15 is 0 Å². The predicted octanol–water partition coefficient (Wildman–Crippen LogP) is 5.38.